The molecule has 0 spiro atoms. The standard InChI is InChI=1S/C10H24N2O/c1-5-10(9-13,11-2)7-6-8-12(3)4/h11,13H,5-9H2,1-4H3. The maximum atomic E-state index is 9.27. The first-order valence-corrected chi connectivity index (χ1v) is 5.04. The third kappa shape index (κ3) is 4.60. The number of hydrogen-bond donors (Lipinski definition) is 2. The van der Waals surface area contributed by atoms with Crippen LogP contribution in [0.15, 0.2) is 0 Å². The van der Waals surface area contributed by atoms with E-state index in [0.29, 0.717) is 0 Å². The summed E-state index contributed by atoms with van der Waals surface area (Å²) in [6, 6.07) is 0. The van der Waals surface area contributed by atoms with Crippen LogP contribution in [-0.2, 0) is 0 Å². The van der Waals surface area contributed by atoms with E-state index in [9.17, 15) is 5.11 Å². The van der Waals surface area contributed by atoms with Crippen LogP contribution in [0.3, 0.4) is 0 Å². The van der Waals surface area contributed by atoms with Crippen LogP contribution < -0.4 is 5.32 Å². The molecule has 0 heterocycles. The van der Waals surface area contributed by atoms with Gasteiger partial charge in [0.2, 0.25) is 0 Å². The van der Waals surface area contributed by atoms with Crippen molar-refractivity contribution >= 4 is 0 Å². The van der Waals surface area contributed by atoms with Crippen molar-refractivity contribution in [3.05, 3.63) is 0 Å². The zero-order valence-corrected chi connectivity index (χ0v) is 9.43. The lowest BCUT2D eigenvalue weighted by atomic mass is 9.91. The minimum Gasteiger partial charge on any atom is -0.394 e. The highest BCUT2D eigenvalue weighted by Gasteiger charge is 2.23. The van der Waals surface area contributed by atoms with Crippen LogP contribution in [0.2, 0.25) is 0 Å². The van der Waals surface area contributed by atoms with Crippen LogP contribution in [0.1, 0.15) is 26.2 Å². The van der Waals surface area contributed by atoms with Gasteiger partial charge in [0.05, 0.1) is 6.61 Å². The van der Waals surface area contributed by atoms with E-state index in [1.807, 2.05) is 7.05 Å². The van der Waals surface area contributed by atoms with E-state index in [1.54, 1.807) is 0 Å². The molecule has 0 aliphatic carbocycles. The zero-order chi connectivity index (χ0) is 10.3. The Morgan fingerprint density at radius 1 is 1.38 bits per heavy atom. The lowest BCUT2D eigenvalue weighted by Gasteiger charge is -2.30. The van der Waals surface area contributed by atoms with E-state index in [1.165, 1.54) is 0 Å². The van der Waals surface area contributed by atoms with Gasteiger partial charge < -0.3 is 15.3 Å². The van der Waals surface area contributed by atoms with Crippen LogP contribution in [0, 0.1) is 0 Å². The van der Waals surface area contributed by atoms with Crippen LogP contribution in [0.5, 0.6) is 0 Å². The molecule has 0 aliphatic rings. The van der Waals surface area contributed by atoms with Crippen molar-refractivity contribution in [1.29, 1.82) is 0 Å². The third-order valence-corrected chi connectivity index (χ3v) is 2.77. The number of rotatable bonds is 7. The van der Waals surface area contributed by atoms with Gasteiger partial charge in [-0.3, -0.25) is 0 Å². The van der Waals surface area contributed by atoms with Gasteiger partial charge in [-0.05, 0) is 47.0 Å². The van der Waals surface area contributed by atoms with Crippen molar-refractivity contribution in [3.63, 3.8) is 0 Å². The largest absolute Gasteiger partial charge is 0.394 e. The number of hydrogen-bond acceptors (Lipinski definition) is 3. The van der Waals surface area contributed by atoms with Crippen LogP contribution in [0.25, 0.3) is 0 Å². The fraction of sp³-hybridized carbons (Fsp3) is 1.00. The van der Waals surface area contributed by atoms with Crippen LogP contribution >= 0.6 is 0 Å². The Balaban J connectivity index is 3.81. The predicted octanol–water partition coefficient (Wildman–Crippen LogP) is 0.689. The summed E-state index contributed by atoms with van der Waals surface area (Å²) < 4.78 is 0. The molecule has 0 fully saturated rings. The molecule has 0 amide bonds. The molecule has 0 rings (SSSR count). The number of nitrogens with zero attached hydrogens (tertiary/aromatic N) is 1. The number of likely N-dealkylation sites (N-methyl/N-ethyl adjacent to an activating group) is 1. The molecule has 0 aliphatic heterocycles. The monoisotopic (exact) mass is 188 g/mol. The van der Waals surface area contributed by atoms with Gasteiger partial charge in [0, 0.05) is 5.54 Å². The number of aliphatic hydroxyl groups is 1. The van der Waals surface area contributed by atoms with Crippen molar-refractivity contribution in [2.24, 2.45) is 0 Å². The topological polar surface area (TPSA) is 35.5 Å². The third-order valence-electron chi connectivity index (χ3n) is 2.77. The van der Waals surface area contributed by atoms with E-state index in [4.69, 9.17) is 0 Å². The molecule has 0 bridgehead atoms. The van der Waals surface area contributed by atoms with Gasteiger partial charge in [0.1, 0.15) is 0 Å². The Morgan fingerprint density at radius 3 is 2.31 bits per heavy atom. The van der Waals surface area contributed by atoms with Crippen molar-refractivity contribution in [2.45, 2.75) is 31.7 Å². The summed E-state index contributed by atoms with van der Waals surface area (Å²) in [5, 5.41) is 12.5. The normalized spacial score (nSPS) is 16.2. The van der Waals surface area contributed by atoms with Crippen molar-refractivity contribution in [2.75, 3.05) is 34.3 Å². The molecule has 0 saturated heterocycles. The predicted molar refractivity (Wildman–Crippen MR) is 57.0 cm³/mol. The summed E-state index contributed by atoms with van der Waals surface area (Å²) in [6.07, 6.45) is 3.14. The van der Waals surface area contributed by atoms with Crippen molar-refractivity contribution < 1.29 is 5.11 Å². The first kappa shape index (κ1) is 12.9. The maximum Gasteiger partial charge on any atom is 0.0613 e. The number of nitrogens with one attached hydrogen (secondary N) is 1. The number of aliphatic hydroxyl groups excluding tert-OH is 1. The fourth-order valence-corrected chi connectivity index (χ4v) is 1.48. The lowest BCUT2D eigenvalue weighted by Crippen LogP contribution is -2.46. The van der Waals surface area contributed by atoms with Gasteiger partial charge in [-0.25, -0.2) is 0 Å². The quantitative estimate of drug-likeness (QED) is 0.617. The zero-order valence-electron chi connectivity index (χ0n) is 9.43. The molecule has 13 heavy (non-hydrogen) atoms. The van der Waals surface area contributed by atoms with E-state index in [2.05, 4.69) is 31.2 Å². The highest BCUT2D eigenvalue weighted by molar-refractivity contribution is 4.84. The second-order valence-corrected chi connectivity index (χ2v) is 3.95. The fourth-order valence-electron chi connectivity index (χ4n) is 1.48. The van der Waals surface area contributed by atoms with Crippen LogP contribution in [-0.4, -0.2) is 49.8 Å². The Labute approximate surface area is 82.1 Å². The summed E-state index contributed by atoms with van der Waals surface area (Å²) in [5.41, 5.74) is -0.0595. The average molecular weight is 188 g/mol. The molecule has 0 radical (unpaired) electrons. The Kier molecular flexibility index (Phi) is 6.29. The minimum atomic E-state index is -0.0595. The van der Waals surface area contributed by atoms with E-state index in [-0.39, 0.29) is 12.1 Å². The minimum absolute atomic E-state index is 0.0595. The molecule has 80 valence electrons. The first-order chi connectivity index (χ1) is 6.10. The Morgan fingerprint density at radius 2 is 2.00 bits per heavy atom. The van der Waals surface area contributed by atoms with E-state index < -0.39 is 0 Å². The van der Waals surface area contributed by atoms with Crippen molar-refractivity contribution in [1.82, 2.24) is 10.2 Å². The summed E-state index contributed by atoms with van der Waals surface area (Å²) in [7, 11) is 6.08. The Hall–Kier alpha value is -0.120. The summed E-state index contributed by atoms with van der Waals surface area (Å²) >= 11 is 0. The molecular weight excluding hydrogens is 164 g/mol. The van der Waals surface area contributed by atoms with Gasteiger partial charge >= 0.3 is 0 Å². The highest BCUT2D eigenvalue weighted by Crippen LogP contribution is 2.16. The average Bonchev–Trinajstić information content (AvgIpc) is 2.13. The molecule has 1 unspecified atom stereocenters. The first-order valence-electron chi connectivity index (χ1n) is 5.04. The molecule has 1 atom stereocenters. The van der Waals surface area contributed by atoms with Gasteiger partial charge in [-0.1, -0.05) is 6.92 Å². The maximum absolute atomic E-state index is 9.27. The van der Waals surface area contributed by atoms with Gasteiger partial charge in [0.25, 0.3) is 0 Å². The van der Waals surface area contributed by atoms with Gasteiger partial charge in [0.15, 0.2) is 0 Å². The molecule has 0 aromatic carbocycles. The van der Waals surface area contributed by atoms with Crippen LogP contribution in [0.4, 0.5) is 0 Å². The molecular formula is C10H24N2O. The second-order valence-electron chi connectivity index (χ2n) is 3.95. The Bertz CT molecular complexity index is 114. The summed E-state index contributed by atoms with van der Waals surface area (Å²) in [6.45, 7) is 3.43. The second kappa shape index (κ2) is 6.35. The van der Waals surface area contributed by atoms with Gasteiger partial charge in [-0.15, -0.1) is 0 Å². The van der Waals surface area contributed by atoms with Crippen molar-refractivity contribution in [3.8, 4) is 0 Å². The molecule has 3 heteroatoms. The van der Waals surface area contributed by atoms with E-state index >= 15 is 0 Å². The molecule has 0 saturated carbocycles. The summed E-state index contributed by atoms with van der Waals surface area (Å²) in [5.74, 6) is 0. The van der Waals surface area contributed by atoms with Gasteiger partial charge in [-0.2, -0.15) is 0 Å². The molecule has 0 aromatic heterocycles. The molecule has 0 aromatic rings. The molecule has 2 N–H and O–H groups in total. The molecule has 3 nitrogen and oxygen atoms in total. The SMILES string of the molecule is CCC(CO)(CCCN(C)C)NC. The summed E-state index contributed by atoms with van der Waals surface area (Å²) in [4.78, 5) is 2.17. The smallest absolute Gasteiger partial charge is 0.0613 e. The van der Waals surface area contributed by atoms with E-state index in [0.717, 1.165) is 25.8 Å². The highest BCUT2D eigenvalue weighted by atomic mass is 16.3. The lowest BCUT2D eigenvalue weighted by molar-refractivity contribution is 0.149.